The summed E-state index contributed by atoms with van der Waals surface area (Å²) in [7, 11) is 0. The molecule has 1 heterocycles. The number of aromatic nitrogens is 3. The van der Waals surface area contributed by atoms with Crippen molar-refractivity contribution in [3.8, 4) is 0 Å². The molecule has 0 unspecified atom stereocenters. The number of benzene rings is 1. The quantitative estimate of drug-likeness (QED) is 0.597. The first-order chi connectivity index (χ1) is 10.1. The van der Waals surface area contributed by atoms with Gasteiger partial charge in [0.2, 0.25) is 0 Å². The van der Waals surface area contributed by atoms with E-state index in [-0.39, 0.29) is 12.3 Å². The van der Waals surface area contributed by atoms with Crippen LogP contribution in [-0.4, -0.2) is 31.6 Å². The van der Waals surface area contributed by atoms with Gasteiger partial charge in [0.05, 0.1) is 28.4 Å². The summed E-state index contributed by atoms with van der Waals surface area (Å²) >= 11 is 5.99. The van der Waals surface area contributed by atoms with Crippen LogP contribution in [0.4, 0.5) is 11.4 Å². The molecule has 0 amide bonds. The van der Waals surface area contributed by atoms with E-state index in [9.17, 15) is 10.1 Å². The molecule has 8 nitrogen and oxygen atoms in total. The van der Waals surface area contributed by atoms with Gasteiger partial charge in [-0.3, -0.25) is 14.8 Å². The predicted octanol–water partition coefficient (Wildman–Crippen LogP) is 1.83. The monoisotopic (exact) mass is 311 g/mol. The number of aliphatic hydroxyl groups excluding tert-OH is 1. The van der Waals surface area contributed by atoms with Gasteiger partial charge in [-0.25, -0.2) is 0 Å². The van der Waals surface area contributed by atoms with Crippen molar-refractivity contribution in [2.24, 2.45) is 0 Å². The average molecular weight is 312 g/mol. The molecule has 2 N–H and O–H groups in total. The predicted molar refractivity (Wildman–Crippen MR) is 77.2 cm³/mol. The molecule has 9 heteroatoms. The molecule has 0 aliphatic rings. The molecule has 0 saturated heterocycles. The molecular weight excluding hydrogens is 298 g/mol. The van der Waals surface area contributed by atoms with Gasteiger partial charge in [-0.05, 0) is 12.5 Å². The number of non-ortho nitro benzene ring substituents is 1. The fourth-order valence-corrected chi connectivity index (χ4v) is 1.89. The van der Waals surface area contributed by atoms with Crippen molar-refractivity contribution in [3.63, 3.8) is 0 Å². The number of rotatable bonds is 7. The van der Waals surface area contributed by atoms with E-state index < -0.39 is 4.92 Å². The van der Waals surface area contributed by atoms with Crippen LogP contribution >= 0.6 is 11.6 Å². The van der Waals surface area contributed by atoms with Crippen LogP contribution in [0, 0.1) is 10.1 Å². The third kappa shape index (κ3) is 4.14. The number of nitro groups is 1. The molecule has 2 rings (SSSR count). The number of aliphatic hydroxyl groups is 1. The first-order valence-corrected chi connectivity index (χ1v) is 6.65. The summed E-state index contributed by atoms with van der Waals surface area (Å²) in [6.07, 6.45) is 2.35. The summed E-state index contributed by atoms with van der Waals surface area (Å²) in [5, 5.41) is 30.7. The molecule has 0 radical (unpaired) electrons. The fraction of sp³-hybridized carbons (Fsp3) is 0.333. The molecule has 0 aliphatic carbocycles. The van der Waals surface area contributed by atoms with E-state index in [0.717, 1.165) is 0 Å². The van der Waals surface area contributed by atoms with Gasteiger partial charge in [0.25, 0.3) is 5.69 Å². The molecule has 0 atom stereocenters. The van der Waals surface area contributed by atoms with Crippen LogP contribution in [0.25, 0.3) is 0 Å². The lowest BCUT2D eigenvalue weighted by Crippen LogP contribution is -2.02. The van der Waals surface area contributed by atoms with Gasteiger partial charge in [-0.15, -0.1) is 5.10 Å². The largest absolute Gasteiger partial charge is 0.396 e. The Kier molecular flexibility index (Phi) is 5.07. The van der Waals surface area contributed by atoms with Crippen molar-refractivity contribution in [1.29, 1.82) is 0 Å². The number of halogens is 1. The lowest BCUT2D eigenvalue weighted by Gasteiger charge is -2.06. The Bertz CT molecular complexity index is 631. The van der Waals surface area contributed by atoms with Crippen LogP contribution in [0.5, 0.6) is 0 Å². The molecule has 0 aliphatic heterocycles. The molecule has 21 heavy (non-hydrogen) atoms. The highest BCUT2D eigenvalue weighted by Crippen LogP contribution is 2.26. The topological polar surface area (TPSA) is 106 Å². The zero-order valence-corrected chi connectivity index (χ0v) is 11.8. The average Bonchev–Trinajstić information content (AvgIpc) is 2.92. The van der Waals surface area contributed by atoms with Crippen LogP contribution in [0.2, 0.25) is 5.02 Å². The first kappa shape index (κ1) is 15.2. The minimum atomic E-state index is -0.479. The van der Waals surface area contributed by atoms with E-state index in [1.807, 2.05) is 0 Å². The van der Waals surface area contributed by atoms with Crippen LogP contribution in [0.15, 0.2) is 24.4 Å². The SMILES string of the molecule is O=[N+]([O-])c1ccc(Cl)c(NCc2cn(CCCO)nn2)c1. The van der Waals surface area contributed by atoms with E-state index in [0.29, 0.717) is 35.9 Å². The summed E-state index contributed by atoms with van der Waals surface area (Å²) in [5.41, 5.74) is 1.11. The molecule has 1 aromatic heterocycles. The zero-order chi connectivity index (χ0) is 15.2. The summed E-state index contributed by atoms with van der Waals surface area (Å²) in [6.45, 7) is 1.03. The minimum absolute atomic E-state index is 0.0338. The van der Waals surface area contributed by atoms with Gasteiger partial charge in [-0.2, -0.15) is 0 Å². The number of aryl methyl sites for hydroxylation is 1. The Balaban J connectivity index is 2.00. The molecule has 0 saturated carbocycles. The maximum Gasteiger partial charge on any atom is 0.271 e. The molecular formula is C12H14ClN5O3. The number of nitro benzene ring substituents is 1. The Morgan fingerprint density at radius 3 is 3.00 bits per heavy atom. The Hall–Kier alpha value is -2.19. The zero-order valence-electron chi connectivity index (χ0n) is 11.1. The number of nitrogens with one attached hydrogen (secondary N) is 1. The van der Waals surface area contributed by atoms with Crippen LogP contribution in [0.1, 0.15) is 12.1 Å². The second kappa shape index (κ2) is 7.00. The van der Waals surface area contributed by atoms with Crippen molar-refractivity contribution in [1.82, 2.24) is 15.0 Å². The van der Waals surface area contributed by atoms with E-state index in [1.165, 1.54) is 18.2 Å². The maximum atomic E-state index is 10.7. The number of hydrogen-bond donors (Lipinski definition) is 2. The number of nitrogens with zero attached hydrogens (tertiary/aromatic N) is 4. The van der Waals surface area contributed by atoms with Gasteiger partial charge in [-0.1, -0.05) is 16.8 Å². The van der Waals surface area contributed by atoms with Gasteiger partial charge in [0, 0.05) is 25.3 Å². The summed E-state index contributed by atoms with van der Waals surface area (Å²) < 4.78 is 1.63. The molecule has 0 fully saturated rings. The summed E-state index contributed by atoms with van der Waals surface area (Å²) in [4.78, 5) is 10.3. The van der Waals surface area contributed by atoms with Gasteiger partial charge >= 0.3 is 0 Å². The van der Waals surface area contributed by atoms with E-state index in [1.54, 1.807) is 10.9 Å². The van der Waals surface area contributed by atoms with Crippen molar-refractivity contribution >= 4 is 23.0 Å². The van der Waals surface area contributed by atoms with Crippen LogP contribution in [-0.2, 0) is 13.1 Å². The minimum Gasteiger partial charge on any atom is -0.396 e. The Morgan fingerprint density at radius 1 is 1.48 bits per heavy atom. The van der Waals surface area contributed by atoms with Gasteiger partial charge in [0.15, 0.2) is 0 Å². The highest BCUT2D eigenvalue weighted by atomic mass is 35.5. The molecule has 0 bridgehead atoms. The van der Waals surface area contributed by atoms with Gasteiger partial charge < -0.3 is 10.4 Å². The highest BCUT2D eigenvalue weighted by molar-refractivity contribution is 6.33. The maximum absolute atomic E-state index is 10.7. The number of hydrogen-bond acceptors (Lipinski definition) is 6. The molecule has 1 aromatic carbocycles. The number of anilines is 1. The smallest absolute Gasteiger partial charge is 0.271 e. The van der Waals surface area contributed by atoms with Crippen molar-refractivity contribution in [2.45, 2.75) is 19.5 Å². The van der Waals surface area contributed by atoms with E-state index in [2.05, 4.69) is 15.6 Å². The van der Waals surface area contributed by atoms with Crippen molar-refractivity contribution in [2.75, 3.05) is 11.9 Å². The van der Waals surface area contributed by atoms with Crippen molar-refractivity contribution in [3.05, 3.63) is 45.2 Å². The molecule has 0 spiro atoms. The normalized spacial score (nSPS) is 10.6. The summed E-state index contributed by atoms with van der Waals surface area (Å²) in [5.74, 6) is 0. The molecule has 112 valence electrons. The second-order valence-corrected chi connectivity index (χ2v) is 4.73. The lowest BCUT2D eigenvalue weighted by atomic mass is 10.2. The lowest BCUT2D eigenvalue weighted by molar-refractivity contribution is -0.384. The van der Waals surface area contributed by atoms with Gasteiger partial charge in [0.1, 0.15) is 5.69 Å². The van der Waals surface area contributed by atoms with Crippen LogP contribution in [0.3, 0.4) is 0 Å². The Morgan fingerprint density at radius 2 is 2.29 bits per heavy atom. The third-order valence-corrected chi connectivity index (χ3v) is 3.08. The highest BCUT2D eigenvalue weighted by Gasteiger charge is 2.10. The standard InChI is InChI=1S/C12H14ClN5O3/c13-11-3-2-10(18(20)21)6-12(11)14-7-9-8-17(16-15-9)4-1-5-19/h2-3,6,8,14,19H,1,4-5,7H2. The summed E-state index contributed by atoms with van der Waals surface area (Å²) in [6, 6.07) is 4.19. The second-order valence-electron chi connectivity index (χ2n) is 4.32. The Labute approximate surface area is 125 Å². The third-order valence-electron chi connectivity index (χ3n) is 2.75. The van der Waals surface area contributed by atoms with E-state index in [4.69, 9.17) is 16.7 Å². The van der Waals surface area contributed by atoms with Crippen molar-refractivity contribution < 1.29 is 10.0 Å². The molecule has 2 aromatic rings. The van der Waals surface area contributed by atoms with Crippen LogP contribution < -0.4 is 5.32 Å². The van der Waals surface area contributed by atoms with E-state index >= 15 is 0 Å². The fourth-order valence-electron chi connectivity index (χ4n) is 1.71. The first-order valence-electron chi connectivity index (χ1n) is 6.28.